The van der Waals surface area contributed by atoms with Crippen molar-refractivity contribution in [3.8, 4) is 5.75 Å². The van der Waals surface area contributed by atoms with Crippen molar-refractivity contribution in [2.45, 2.75) is 19.8 Å². The van der Waals surface area contributed by atoms with Gasteiger partial charge >= 0.3 is 0 Å². The minimum atomic E-state index is -0.244. The number of unbranched alkanes of at least 4 members (excludes halogenated alkanes) is 1. The summed E-state index contributed by atoms with van der Waals surface area (Å²) in [5.41, 5.74) is 0.538. The summed E-state index contributed by atoms with van der Waals surface area (Å²) in [7, 11) is 0. The van der Waals surface area contributed by atoms with Gasteiger partial charge in [0.1, 0.15) is 5.75 Å². The summed E-state index contributed by atoms with van der Waals surface area (Å²) < 4.78 is 5.53. The molecule has 0 bridgehead atoms. The molecule has 0 aromatic heterocycles. The molecule has 0 spiro atoms. The van der Waals surface area contributed by atoms with Gasteiger partial charge in [0.25, 0.3) is 5.91 Å². The molecule has 0 aliphatic heterocycles. The fraction of sp³-hybridized carbons (Fsp3) is 0.333. The smallest absolute Gasteiger partial charge is 0.257 e. The van der Waals surface area contributed by atoms with E-state index in [4.69, 9.17) is 17.0 Å². The van der Waals surface area contributed by atoms with Gasteiger partial charge in [-0.05, 0) is 42.9 Å². The minimum Gasteiger partial charge on any atom is -0.494 e. The minimum absolute atomic E-state index is 0.244. The van der Waals surface area contributed by atoms with E-state index in [1.165, 1.54) is 0 Å². The maximum absolute atomic E-state index is 11.9. The quantitative estimate of drug-likeness (QED) is 0.461. The first-order chi connectivity index (χ1) is 9.67. The first-order valence-electron chi connectivity index (χ1n) is 6.60. The number of thiocarbonyl (C=S) groups is 1. The fourth-order valence-electron chi connectivity index (χ4n) is 1.42. The summed E-state index contributed by atoms with van der Waals surface area (Å²) in [5.74, 6) is 0.522. The van der Waals surface area contributed by atoms with Gasteiger partial charge in [-0.2, -0.15) is 0 Å². The molecule has 20 heavy (non-hydrogen) atoms. The number of rotatable bonds is 7. The van der Waals surface area contributed by atoms with E-state index in [-0.39, 0.29) is 11.0 Å². The highest BCUT2D eigenvalue weighted by atomic mass is 32.1. The van der Waals surface area contributed by atoms with Gasteiger partial charge in [-0.25, -0.2) is 0 Å². The lowest BCUT2D eigenvalue weighted by atomic mass is 10.2. The van der Waals surface area contributed by atoms with Gasteiger partial charge in [-0.1, -0.05) is 19.4 Å². The number of hydrogen-bond acceptors (Lipinski definition) is 3. The van der Waals surface area contributed by atoms with Crippen molar-refractivity contribution in [3.63, 3.8) is 0 Å². The summed E-state index contributed by atoms with van der Waals surface area (Å²) >= 11 is 4.98. The van der Waals surface area contributed by atoms with Gasteiger partial charge in [-0.15, -0.1) is 6.58 Å². The molecule has 0 saturated heterocycles. The second kappa shape index (κ2) is 9.09. The zero-order valence-electron chi connectivity index (χ0n) is 11.6. The fourth-order valence-corrected chi connectivity index (χ4v) is 1.60. The largest absolute Gasteiger partial charge is 0.494 e. The van der Waals surface area contributed by atoms with Gasteiger partial charge in [0.05, 0.1) is 6.61 Å². The van der Waals surface area contributed by atoms with Crippen molar-refractivity contribution in [1.82, 2.24) is 10.6 Å². The molecular weight excluding hydrogens is 272 g/mol. The van der Waals surface area contributed by atoms with E-state index < -0.39 is 0 Å². The lowest BCUT2D eigenvalue weighted by molar-refractivity contribution is 0.0976. The standard InChI is InChI=1S/C15H20N2O2S/c1-3-5-11-19-13-8-6-12(7-9-13)14(18)17-15(20)16-10-4-2/h4,6-9H,2-3,5,10-11H2,1H3,(H2,16,17,18,20). The molecule has 0 atom stereocenters. The Morgan fingerprint density at radius 1 is 1.40 bits per heavy atom. The van der Waals surface area contributed by atoms with Crippen LogP contribution in [0.4, 0.5) is 0 Å². The van der Waals surface area contributed by atoms with Crippen LogP contribution in [-0.2, 0) is 0 Å². The van der Waals surface area contributed by atoms with Crippen LogP contribution in [0.25, 0.3) is 0 Å². The van der Waals surface area contributed by atoms with Crippen molar-refractivity contribution in [1.29, 1.82) is 0 Å². The average Bonchev–Trinajstić information content (AvgIpc) is 2.46. The molecule has 0 radical (unpaired) electrons. The third kappa shape index (κ3) is 5.84. The zero-order chi connectivity index (χ0) is 14.8. The predicted molar refractivity (Wildman–Crippen MR) is 85.1 cm³/mol. The van der Waals surface area contributed by atoms with E-state index in [9.17, 15) is 4.79 Å². The molecule has 1 aromatic rings. The first-order valence-corrected chi connectivity index (χ1v) is 7.01. The van der Waals surface area contributed by atoms with Crippen molar-refractivity contribution < 1.29 is 9.53 Å². The number of amides is 1. The molecule has 108 valence electrons. The predicted octanol–water partition coefficient (Wildman–Crippen LogP) is 2.66. The Balaban J connectivity index is 2.48. The molecule has 0 heterocycles. The summed E-state index contributed by atoms with van der Waals surface area (Å²) in [4.78, 5) is 11.9. The van der Waals surface area contributed by atoms with Crippen LogP contribution in [-0.4, -0.2) is 24.2 Å². The Hall–Kier alpha value is -1.88. The third-order valence-corrected chi connectivity index (χ3v) is 2.76. The maximum atomic E-state index is 11.9. The average molecular weight is 292 g/mol. The van der Waals surface area contributed by atoms with Crippen LogP contribution in [0.1, 0.15) is 30.1 Å². The van der Waals surface area contributed by atoms with E-state index in [2.05, 4.69) is 24.1 Å². The number of benzene rings is 1. The Morgan fingerprint density at radius 2 is 2.10 bits per heavy atom. The van der Waals surface area contributed by atoms with Crippen LogP contribution in [0.5, 0.6) is 5.75 Å². The van der Waals surface area contributed by atoms with Crippen molar-refractivity contribution in [2.75, 3.05) is 13.2 Å². The van der Waals surface area contributed by atoms with E-state index in [1.807, 2.05) is 0 Å². The number of hydrogen-bond donors (Lipinski definition) is 2. The Labute approximate surface area is 125 Å². The molecule has 1 rings (SSSR count). The van der Waals surface area contributed by atoms with Crippen LogP contribution in [0.3, 0.4) is 0 Å². The van der Waals surface area contributed by atoms with Gasteiger partial charge < -0.3 is 10.1 Å². The zero-order valence-corrected chi connectivity index (χ0v) is 12.5. The highest BCUT2D eigenvalue weighted by Crippen LogP contribution is 2.12. The molecule has 4 nitrogen and oxygen atoms in total. The summed E-state index contributed by atoms with van der Waals surface area (Å²) in [5, 5.41) is 5.72. The van der Waals surface area contributed by atoms with Crippen LogP contribution < -0.4 is 15.4 Å². The van der Waals surface area contributed by atoms with E-state index in [1.54, 1.807) is 30.3 Å². The number of carbonyl (C=O) groups is 1. The molecule has 5 heteroatoms. The van der Waals surface area contributed by atoms with Crippen LogP contribution in [0.2, 0.25) is 0 Å². The molecule has 0 aliphatic rings. The second-order valence-electron chi connectivity index (χ2n) is 4.18. The lowest BCUT2D eigenvalue weighted by Crippen LogP contribution is -2.39. The third-order valence-electron chi connectivity index (χ3n) is 2.52. The molecule has 0 aliphatic carbocycles. The van der Waals surface area contributed by atoms with E-state index in [0.717, 1.165) is 18.6 Å². The number of carbonyl (C=O) groups excluding carboxylic acids is 1. The summed E-state index contributed by atoms with van der Waals surface area (Å²) in [6.45, 7) is 6.88. The van der Waals surface area contributed by atoms with E-state index >= 15 is 0 Å². The van der Waals surface area contributed by atoms with Crippen molar-refractivity contribution >= 4 is 23.2 Å². The normalized spacial score (nSPS) is 9.65. The molecule has 1 amide bonds. The summed E-state index contributed by atoms with van der Waals surface area (Å²) in [6, 6.07) is 7.00. The molecule has 2 N–H and O–H groups in total. The lowest BCUT2D eigenvalue weighted by Gasteiger charge is -2.09. The Kier molecular flexibility index (Phi) is 7.35. The highest BCUT2D eigenvalue weighted by molar-refractivity contribution is 7.80. The van der Waals surface area contributed by atoms with Crippen molar-refractivity contribution in [3.05, 3.63) is 42.5 Å². The van der Waals surface area contributed by atoms with Crippen LogP contribution in [0.15, 0.2) is 36.9 Å². The molecule has 0 fully saturated rings. The van der Waals surface area contributed by atoms with E-state index in [0.29, 0.717) is 18.7 Å². The Bertz CT molecular complexity index is 457. The SMILES string of the molecule is C=CCNC(=S)NC(=O)c1ccc(OCCCC)cc1. The number of ether oxygens (including phenoxy) is 1. The van der Waals surface area contributed by atoms with Crippen molar-refractivity contribution in [2.24, 2.45) is 0 Å². The molecule has 1 aromatic carbocycles. The monoisotopic (exact) mass is 292 g/mol. The highest BCUT2D eigenvalue weighted by Gasteiger charge is 2.07. The summed E-state index contributed by atoms with van der Waals surface area (Å²) in [6.07, 6.45) is 3.78. The van der Waals surface area contributed by atoms with Crippen LogP contribution in [0, 0.1) is 0 Å². The molecule has 0 unspecified atom stereocenters. The van der Waals surface area contributed by atoms with Gasteiger partial charge in [0, 0.05) is 12.1 Å². The molecular formula is C15H20N2O2S. The maximum Gasteiger partial charge on any atom is 0.257 e. The van der Waals surface area contributed by atoms with Gasteiger partial charge in [0.15, 0.2) is 5.11 Å². The topological polar surface area (TPSA) is 50.4 Å². The van der Waals surface area contributed by atoms with Gasteiger partial charge in [0.2, 0.25) is 0 Å². The first kappa shape index (κ1) is 16.2. The van der Waals surface area contributed by atoms with Crippen LogP contribution >= 0.6 is 12.2 Å². The second-order valence-corrected chi connectivity index (χ2v) is 4.59. The molecule has 0 saturated carbocycles. The number of nitrogens with one attached hydrogen (secondary N) is 2. The van der Waals surface area contributed by atoms with Gasteiger partial charge in [-0.3, -0.25) is 10.1 Å². The Morgan fingerprint density at radius 3 is 2.70 bits per heavy atom.